The number of hydrogen-bond donors (Lipinski definition) is 3. The molecular weight excluding hydrogens is 230 g/mol. The van der Waals surface area contributed by atoms with Crippen molar-refractivity contribution in [3.8, 4) is 0 Å². The first kappa shape index (κ1) is 14.5. The van der Waals surface area contributed by atoms with Gasteiger partial charge in [0.15, 0.2) is 0 Å². The Balaban J connectivity index is 2.48. The molecule has 0 aliphatic carbocycles. The lowest BCUT2D eigenvalue weighted by atomic mass is 10.1. The zero-order chi connectivity index (χ0) is 13.4. The van der Waals surface area contributed by atoms with E-state index < -0.39 is 5.97 Å². The van der Waals surface area contributed by atoms with Crippen LogP contribution in [0.1, 0.15) is 41.6 Å². The van der Waals surface area contributed by atoms with Gasteiger partial charge in [0.2, 0.25) is 0 Å². The first-order chi connectivity index (χ1) is 8.66. The van der Waals surface area contributed by atoms with Crippen molar-refractivity contribution in [3.05, 3.63) is 29.3 Å². The number of aliphatic hydroxyl groups is 1. The molecule has 0 aliphatic heterocycles. The molecule has 0 aliphatic rings. The summed E-state index contributed by atoms with van der Waals surface area (Å²) in [5.74, 6) is -0.901. The summed E-state index contributed by atoms with van der Waals surface area (Å²) in [4.78, 5) is 11.1. The van der Waals surface area contributed by atoms with Gasteiger partial charge in [-0.15, -0.1) is 0 Å². The molecule has 3 N–H and O–H groups in total. The maximum absolute atomic E-state index is 11.1. The molecule has 0 spiro atoms. The molecule has 0 saturated carbocycles. The Hall–Kier alpha value is -1.55. The second-order valence-electron chi connectivity index (χ2n) is 4.37. The van der Waals surface area contributed by atoms with E-state index in [0.29, 0.717) is 11.3 Å². The summed E-state index contributed by atoms with van der Waals surface area (Å²) >= 11 is 0. The van der Waals surface area contributed by atoms with E-state index >= 15 is 0 Å². The number of aromatic carboxylic acids is 1. The summed E-state index contributed by atoms with van der Waals surface area (Å²) in [7, 11) is 0. The number of carbonyl (C=O) groups is 1. The van der Waals surface area contributed by atoms with Gasteiger partial charge in [-0.3, -0.25) is 0 Å². The van der Waals surface area contributed by atoms with Gasteiger partial charge in [0.25, 0.3) is 0 Å². The van der Waals surface area contributed by atoms with Gasteiger partial charge in [-0.25, -0.2) is 4.79 Å². The standard InChI is InChI=1S/C14H21NO3/c1-11-7-6-8-12(14(17)18)13(11)15-9-4-2-3-5-10-16/h6-8,15-16H,2-5,9-10H2,1H3,(H,17,18). The highest BCUT2D eigenvalue weighted by atomic mass is 16.4. The quantitative estimate of drug-likeness (QED) is 0.621. The fourth-order valence-corrected chi connectivity index (χ4v) is 1.88. The Morgan fingerprint density at radius 2 is 1.94 bits per heavy atom. The van der Waals surface area contributed by atoms with E-state index in [4.69, 9.17) is 10.2 Å². The molecule has 100 valence electrons. The first-order valence-electron chi connectivity index (χ1n) is 6.34. The van der Waals surface area contributed by atoms with Gasteiger partial charge in [-0.2, -0.15) is 0 Å². The zero-order valence-corrected chi connectivity index (χ0v) is 10.8. The van der Waals surface area contributed by atoms with Crippen molar-refractivity contribution >= 4 is 11.7 Å². The van der Waals surface area contributed by atoms with Crippen molar-refractivity contribution < 1.29 is 15.0 Å². The lowest BCUT2D eigenvalue weighted by Crippen LogP contribution is -2.09. The number of anilines is 1. The average Bonchev–Trinajstić information content (AvgIpc) is 2.34. The van der Waals surface area contributed by atoms with Gasteiger partial charge < -0.3 is 15.5 Å². The molecule has 1 aromatic carbocycles. The lowest BCUT2D eigenvalue weighted by molar-refractivity contribution is 0.0698. The van der Waals surface area contributed by atoms with Crippen LogP contribution in [0.3, 0.4) is 0 Å². The predicted octanol–water partition coefficient (Wildman–Crippen LogP) is 2.66. The Bertz CT molecular complexity index is 391. The molecule has 0 fully saturated rings. The highest BCUT2D eigenvalue weighted by molar-refractivity contribution is 5.95. The lowest BCUT2D eigenvalue weighted by Gasteiger charge is -2.12. The Kier molecular flexibility index (Phi) is 6.22. The second kappa shape index (κ2) is 7.71. The third-order valence-electron chi connectivity index (χ3n) is 2.89. The number of carboxylic acids is 1. The van der Waals surface area contributed by atoms with Gasteiger partial charge in [-0.1, -0.05) is 25.0 Å². The van der Waals surface area contributed by atoms with Crippen LogP contribution in [-0.2, 0) is 0 Å². The van der Waals surface area contributed by atoms with Crippen LogP contribution in [0.2, 0.25) is 0 Å². The van der Waals surface area contributed by atoms with E-state index in [1.165, 1.54) is 0 Å². The van der Waals surface area contributed by atoms with E-state index in [0.717, 1.165) is 37.8 Å². The third kappa shape index (κ3) is 4.37. The zero-order valence-electron chi connectivity index (χ0n) is 10.8. The molecule has 0 heterocycles. The summed E-state index contributed by atoms with van der Waals surface area (Å²) in [5.41, 5.74) is 1.99. The normalized spacial score (nSPS) is 10.3. The summed E-state index contributed by atoms with van der Waals surface area (Å²) in [6.45, 7) is 2.91. The molecular formula is C14H21NO3. The van der Waals surface area contributed by atoms with Crippen LogP contribution >= 0.6 is 0 Å². The minimum absolute atomic E-state index is 0.244. The number of carboxylic acid groups (broad SMARTS) is 1. The maximum atomic E-state index is 11.1. The Morgan fingerprint density at radius 1 is 1.22 bits per heavy atom. The number of benzene rings is 1. The first-order valence-corrected chi connectivity index (χ1v) is 6.34. The molecule has 0 bridgehead atoms. The van der Waals surface area contributed by atoms with Gasteiger partial charge in [0.05, 0.1) is 11.3 Å². The van der Waals surface area contributed by atoms with Crippen molar-refractivity contribution in [2.24, 2.45) is 0 Å². The summed E-state index contributed by atoms with van der Waals surface area (Å²) in [5, 5.41) is 20.9. The number of aliphatic hydroxyl groups excluding tert-OH is 1. The minimum Gasteiger partial charge on any atom is -0.478 e. The molecule has 0 aromatic heterocycles. The number of nitrogens with one attached hydrogen (secondary N) is 1. The van der Waals surface area contributed by atoms with Crippen LogP contribution < -0.4 is 5.32 Å². The molecule has 0 saturated heterocycles. The molecule has 4 heteroatoms. The molecule has 0 unspecified atom stereocenters. The number of rotatable bonds is 8. The van der Waals surface area contributed by atoms with Crippen LogP contribution in [0, 0.1) is 6.92 Å². The van der Waals surface area contributed by atoms with E-state index in [2.05, 4.69) is 5.32 Å². The smallest absolute Gasteiger partial charge is 0.337 e. The number of unbranched alkanes of at least 4 members (excludes halogenated alkanes) is 3. The minimum atomic E-state index is -0.901. The average molecular weight is 251 g/mol. The molecule has 1 aromatic rings. The van der Waals surface area contributed by atoms with Gasteiger partial charge >= 0.3 is 5.97 Å². The fraction of sp³-hybridized carbons (Fsp3) is 0.500. The molecule has 18 heavy (non-hydrogen) atoms. The largest absolute Gasteiger partial charge is 0.478 e. The Morgan fingerprint density at radius 3 is 2.61 bits per heavy atom. The van der Waals surface area contributed by atoms with E-state index in [-0.39, 0.29) is 6.61 Å². The van der Waals surface area contributed by atoms with Gasteiger partial charge in [0.1, 0.15) is 0 Å². The van der Waals surface area contributed by atoms with Crippen LogP contribution in [0.4, 0.5) is 5.69 Å². The molecule has 0 amide bonds. The predicted molar refractivity (Wildman–Crippen MR) is 72.2 cm³/mol. The van der Waals surface area contributed by atoms with Crippen molar-refractivity contribution in [3.63, 3.8) is 0 Å². The van der Waals surface area contributed by atoms with Crippen molar-refractivity contribution in [2.75, 3.05) is 18.5 Å². The van der Waals surface area contributed by atoms with Crippen LogP contribution in [-0.4, -0.2) is 29.3 Å². The highest BCUT2D eigenvalue weighted by Gasteiger charge is 2.10. The number of hydrogen-bond acceptors (Lipinski definition) is 3. The second-order valence-corrected chi connectivity index (χ2v) is 4.37. The molecule has 1 rings (SSSR count). The van der Waals surface area contributed by atoms with E-state index in [1.807, 2.05) is 13.0 Å². The number of aryl methyl sites for hydroxylation is 1. The van der Waals surface area contributed by atoms with Crippen molar-refractivity contribution in [1.82, 2.24) is 0 Å². The SMILES string of the molecule is Cc1cccc(C(=O)O)c1NCCCCCCO. The van der Waals surface area contributed by atoms with Gasteiger partial charge in [-0.05, 0) is 31.4 Å². The summed E-state index contributed by atoms with van der Waals surface area (Å²) in [6, 6.07) is 5.27. The van der Waals surface area contributed by atoms with Gasteiger partial charge in [0, 0.05) is 13.2 Å². The summed E-state index contributed by atoms with van der Waals surface area (Å²) in [6.07, 6.45) is 3.87. The topological polar surface area (TPSA) is 69.6 Å². The third-order valence-corrected chi connectivity index (χ3v) is 2.89. The molecule has 0 atom stereocenters. The van der Waals surface area contributed by atoms with Crippen LogP contribution in [0.15, 0.2) is 18.2 Å². The van der Waals surface area contributed by atoms with Crippen LogP contribution in [0.25, 0.3) is 0 Å². The molecule has 4 nitrogen and oxygen atoms in total. The fourth-order valence-electron chi connectivity index (χ4n) is 1.88. The van der Waals surface area contributed by atoms with E-state index in [9.17, 15) is 4.79 Å². The number of para-hydroxylation sites is 1. The molecule has 0 radical (unpaired) electrons. The van der Waals surface area contributed by atoms with E-state index in [1.54, 1.807) is 12.1 Å². The maximum Gasteiger partial charge on any atom is 0.337 e. The Labute approximate surface area is 108 Å². The highest BCUT2D eigenvalue weighted by Crippen LogP contribution is 2.20. The van der Waals surface area contributed by atoms with Crippen LogP contribution in [0.5, 0.6) is 0 Å². The summed E-state index contributed by atoms with van der Waals surface area (Å²) < 4.78 is 0. The monoisotopic (exact) mass is 251 g/mol. The van der Waals surface area contributed by atoms with Crippen molar-refractivity contribution in [2.45, 2.75) is 32.6 Å². The van der Waals surface area contributed by atoms with Crippen molar-refractivity contribution in [1.29, 1.82) is 0 Å².